The van der Waals surface area contributed by atoms with Gasteiger partial charge in [0.05, 0.1) is 6.61 Å². The topological polar surface area (TPSA) is 52.3 Å². The predicted molar refractivity (Wildman–Crippen MR) is 52.6 cm³/mol. The van der Waals surface area contributed by atoms with Crippen LogP contribution in [0.25, 0.3) is 0 Å². The fourth-order valence-electron chi connectivity index (χ4n) is 0.783. The number of nitrogens with two attached hydrogens (primary N) is 1. The second-order valence-electron chi connectivity index (χ2n) is 3.47. The molecule has 0 aliphatic rings. The van der Waals surface area contributed by atoms with Crippen LogP contribution < -0.4 is 5.73 Å². The second kappa shape index (κ2) is 5.67. The van der Waals surface area contributed by atoms with Crippen LogP contribution in [0.5, 0.6) is 0 Å². The van der Waals surface area contributed by atoms with E-state index in [0.717, 1.165) is 0 Å². The Bertz CT molecular complexity index is 142. The zero-order valence-electron chi connectivity index (χ0n) is 8.13. The van der Waals surface area contributed by atoms with Crippen molar-refractivity contribution in [3.05, 3.63) is 0 Å². The smallest absolute Gasteiger partial charge is 0.0581 e. The molecule has 0 saturated carbocycles. The minimum Gasteiger partial charge on any atom is -0.381 e. The third-order valence-electron chi connectivity index (χ3n) is 1.19. The largest absolute Gasteiger partial charge is 0.381 e. The Morgan fingerprint density at radius 2 is 2.08 bits per heavy atom. The van der Waals surface area contributed by atoms with Gasteiger partial charge >= 0.3 is 0 Å². The molecule has 0 spiro atoms. The van der Waals surface area contributed by atoms with E-state index >= 15 is 0 Å². The van der Waals surface area contributed by atoms with Crippen molar-refractivity contribution in [1.29, 1.82) is 0 Å². The summed E-state index contributed by atoms with van der Waals surface area (Å²) in [5.41, 5.74) is 5.37. The summed E-state index contributed by atoms with van der Waals surface area (Å²) in [6.45, 7) is 6.94. The zero-order valence-corrected chi connectivity index (χ0v) is 8.95. The number of hydrogen-bond donors (Lipinski definition) is 1. The van der Waals surface area contributed by atoms with Crippen molar-refractivity contribution in [3.8, 4) is 0 Å². The van der Waals surface area contributed by atoms with E-state index < -0.39 is 10.8 Å². The van der Waals surface area contributed by atoms with Gasteiger partial charge in [-0.1, -0.05) is 0 Å². The van der Waals surface area contributed by atoms with Gasteiger partial charge in [0, 0.05) is 34.5 Å². The summed E-state index contributed by atoms with van der Waals surface area (Å²) in [4.78, 5) is 0. The van der Waals surface area contributed by atoms with Gasteiger partial charge in [0.15, 0.2) is 0 Å². The minimum atomic E-state index is -0.841. The molecule has 0 aromatic carbocycles. The van der Waals surface area contributed by atoms with Gasteiger partial charge in [0.2, 0.25) is 0 Å². The van der Waals surface area contributed by atoms with Crippen LogP contribution in [0.15, 0.2) is 0 Å². The van der Waals surface area contributed by atoms with Gasteiger partial charge in [0.25, 0.3) is 0 Å². The maximum Gasteiger partial charge on any atom is 0.0581 e. The van der Waals surface area contributed by atoms with Crippen molar-refractivity contribution >= 4 is 10.8 Å². The van der Waals surface area contributed by atoms with Gasteiger partial charge < -0.3 is 10.5 Å². The average Bonchev–Trinajstić information content (AvgIpc) is 1.84. The van der Waals surface area contributed by atoms with E-state index in [4.69, 9.17) is 10.5 Å². The molecule has 0 saturated heterocycles. The molecule has 0 aromatic rings. The fraction of sp³-hybridized carbons (Fsp3) is 1.00. The quantitative estimate of drug-likeness (QED) is 0.625. The summed E-state index contributed by atoms with van der Waals surface area (Å²) < 4.78 is 16.4. The Labute approximate surface area is 77.1 Å². The van der Waals surface area contributed by atoms with E-state index in [0.29, 0.717) is 24.7 Å². The number of hydrogen-bond acceptors (Lipinski definition) is 3. The van der Waals surface area contributed by atoms with Crippen LogP contribution in [0.1, 0.15) is 20.8 Å². The van der Waals surface area contributed by atoms with Crippen LogP contribution in [-0.4, -0.2) is 34.5 Å². The molecule has 2 N–H and O–H groups in total. The first kappa shape index (κ1) is 12.1. The van der Waals surface area contributed by atoms with Crippen molar-refractivity contribution < 1.29 is 8.95 Å². The lowest BCUT2D eigenvalue weighted by Gasteiger charge is -2.17. The monoisotopic (exact) mass is 193 g/mol. The molecule has 0 rings (SSSR count). The molecule has 1 unspecified atom stereocenters. The van der Waals surface area contributed by atoms with Gasteiger partial charge in [-0.25, -0.2) is 0 Å². The first-order valence-electron chi connectivity index (χ1n) is 4.17. The highest BCUT2D eigenvalue weighted by Gasteiger charge is 2.14. The summed E-state index contributed by atoms with van der Waals surface area (Å²) in [6.07, 6.45) is 0. The molecule has 0 radical (unpaired) electrons. The summed E-state index contributed by atoms with van der Waals surface area (Å²) in [6, 6.07) is 0. The van der Waals surface area contributed by atoms with E-state index in [1.807, 2.05) is 20.8 Å². The van der Waals surface area contributed by atoms with Crippen LogP contribution in [0.3, 0.4) is 0 Å². The normalized spacial score (nSPS) is 14.7. The van der Waals surface area contributed by atoms with Crippen molar-refractivity contribution in [3.63, 3.8) is 0 Å². The highest BCUT2D eigenvalue weighted by atomic mass is 32.2. The van der Waals surface area contributed by atoms with Crippen LogP contribution in [-0.2, 0) is 15.5 Å². The zero-order chi connectivity index (χ0) is 9.61. The predicted octanol–water partition coefficient (Wildman–Crippen LogP) is 0.509. The van der Waals surface area contributed by atoms with E-state index in [1.165, 1.54) is 0 Å². The highest BCUT2D eigenvalue weighted by Crippen LogP contribution is 1.99. The van der Waals surface area contributed by atoms with Crippen molar-refractivity contribution in [1.82, 2.24) is 0 Å². The molecule has 0 bridgehead atoms. The van der Waals surface area contributed by atoms with Gasteiger partial charge in [-0.3, -0.25) is 4.21 Å². The lowest BCUT2D eigenvalue weighted by Crippen LogP contribution is -2.38. The maximum atomic E-state index is 11.3. The lowest BCUT2D eigenvalue weighted by atomic mass is 10.1. The Morgan fingerprint density at radius 1 is 1.50 bits per heavy atom. The van der Waals surface area contributed by atoms with E-state index in [2.05, 4.69) is 0 Å². The summed E-state index contributed by atoms with van der Waals surface area (Å²) in [5, 5.41) is 0. The molecule has 0 aliphatic heterocycles. The Kier molecular flexibility index (Phi) is 5.70. The van der Waals surface area contributed by atoms with Crippen molar-refractivity contribution in [2.45, 2.75) is 26.3 Å². The van der Waals surface area contributed by atoms with Crippen LogP contribution >= 0.6 is 0 Å². The van der Waals surface area contributed by atoms with Gasteiger partial charge in [-0.15, -0.1) is 0 Å². The van der Waals surface area contributed by atoms with Crippen LogP contribution in [0.2, 0.25) is 0 Å². The molecule has 0 amide bonds. The standard InChI is InChI=1S/C8H19NO2S/c1-4-11-5-6-12(10)7-8(2,3)9/h4-7,9H2,1-3H3. The number of rotatable bonds is 6. The molecule has 0 aliphatic carbocycles. The van der Waals surface area contributed by atoms with Crippen LogP contribution in [0.4, 0.5) is 0 Å². The first-order chi connectivity index (χ1) is 5.45. The average molecular weight is 193 g/mol. The van der Waals surface area contributed by atoms with Crippen LogP contribution in [0, 0.1) is 0 Å². The van der Waals surface area contributed by atoms with Gasteiger partial charge in [-0.05, 0) is 20.8 Å². The third-order valence-corrected chi connectivity index (χ3v) is 2.88. The third kappa shape index (κ3) is 8.17. The lowest BCUT2D eigenvalue weighted by molar-refractivity contribution is 0.164. The second-order valence-corrected chi connectivity index (χ2v) is 5.05. The van der Waals surface area contributed by atoms with E-state index in [1.54, 1.807) is 0 Å². The fourth-order valence-corrected chi connectivity index (χ4v) is 2.06. The molecule has 4 heteroatoms. The highest BCUT2D eigenvalue weighted by molar-refractivity contribution is 7.85. The van der Waals surface area contributed by atoms with Gasteiger partial charge in [-0.2, -0.15) is 0 Å². The van der Waals surface area contributed by atoms with Gasteiger partial charge in [0.1, 0.15) is 0 Å². The van der Waals surface area contributed by atoms with E-state index in [-0.39, 0.29) is 5.54 Å². The molecule has 12 heavy (non-hydrogen) atoms. The molecular formula is C8H19NO2S. The molecule has 74 valence electrons. The summed E-state index contributed by atoms with van der Waals surface area (Å²) in [5.74, 6) is 1.13. The number of ether oxygens (including phenoxy) is 1. The van der Waals surface area contributed by atoms with Crippen molar-refractivity contribution in [2.75, 3.05) is 24.7 Å². The molecule has 0 aromatic heterocycles. The Balaban J connectivity index is 3.47. The maximum absolute atomic E-state index is 11.3. The molecule has 0 heterocycles. The molecule has 0 fully saturated rings. The minimum absolute atomic E-state index is 0.336. The van der Waals surface area contributed by atoms with E-state index in [9.17, 15) is 4.21 Å². The Hall–Kier alpha value is 0.0700. The first-order valence-corrected chi connectivity index (χ1v) is 5.66. The van der Waals surface area contributed by atoms with Crippen molar-refractivity contribution in [2.24, 2.45) is 5.73 Å². The Morgan fingerprint density at radius 3 is 2.50 bits per heavy atom. The molecular weight excluding hydrogens is 174 g/mol. The SMILES string of the molecule is CCOCCS(=O)CC(C)(C)N. The molecule has 1 atom stereocenters. The summed E-state index contributed by atoms with van der Waals surface area (Å²) in [7, 11) is -0.841. The molecule has 3 nitrogen and oxygen atoms in total. The summed E-state index contributed by atoms with van der Waals surface area (Å²) >= 11 is 0.